The van der Waals surface area contributed by atoms with Crippen molar-refractivity contribution >= 4 is 39.1 Å². The second-order valence-corrected chi connectivity index (χ2v) is 7.84. The number of fused-ring (bicyclic) bond motifs is 2. The minimum Gasteiger partial charge on any atom is -0.308 e. The molecule has 6 nitrogen and oxygen atoms in total. The lowest BCUT2D eigenvalue weighted by Gasteiger charge is -2.13. The molecule has 0 radical (unpaired) electrons. The molecule has 2 N–H and O–H groups in total. The molecule has 0 atom stereocenters. The minimum atomic E-state index is -0.602. The molecular formula is C27H21FN4O2. The highest BCUT2D eigenvalue weighted by Gasteiger charge is 2.14. The van der Waals surface area contributed by atoms with Gasteiger partial charge in [0.2, 0.25) is 0 Å². The van der Waals surface area contributed by atoms with Crippen LogP contribution in [0.2, 0.25) is 0 Å². The molecule has 0 saturated heterocycles. The van der Waals surface area contributed by atoms with E-state index in [0.29, 0.717) is 23.4 Å². The first-order chi connectivity index (χ1) is 16.5. The molecule has 0 spiro atoms. The van der Waals surface area contributed by atoms with E-state index in [0.717, 1.165) is 21.7 Å². The average molecular weight is 452 g/mol. The van der Waals surface area contributed by atoms with Gasteiger partial charge in [0.05, 0.1) is 16.9 Å². The maximum Gasteiger partial charge on any atom is 0.323 e. The van der Waals surface area contributed by atoms with E-state index in [1.807, 2.05) is 43.3 Å². The number of aryl methyl sites for hydroxylation is 1. The van der Waals surface area contributed by atoms with Crippen LogP contribution in [-0.4, -0.2) is 15.6 Å². The number of amides is 2. The predicted octanol–water partition coefficient (Wildman–Crippen LogP) is 6.02. The number of halogens is 1. The summed E-state index contributed by atoms with van der Waals surface area (Å²) in [5.74, 6) is -0.602. The molecule has 0 aliphatic rings. The number of hydrogen-bond acceptors (Lipinski definition) is 3. The highest BCUT2D eigenvalue weighted by molar-refractivity contribution is 6.06. The number of urea groups is 1. The summed E-state index contributed by atoms with van der Waals surface area (Å²) < 4.78 is 16.2. The molecule has 168 valence electrons. The summed E-state index contributed by atoms with van der Waals surface area (Å²) in [6.07, 6.45) is 3.33. The molecule has 7 heteroatoms. The van der Waals surface area contributed by atoms with Gasteiger partial charge in [-0.15, -0.1) is 0 Å². The second kappa shape index (κ2) is 8.78. The Hall–Kier alpha value is -4.52. The molecule has 0 aliphatic carbocycles. The van der Waals surface area contributed by atoms with E-state index < -0.39 is 11.8 Å². The third kappa shape index (κ3) is 3.88. The fourth-order valence-corrected chi connectivity index (χ4v) is 4.15. The summed E-state index contributed by atoms with van der Waals surface area (Å²) in [6.45, 7) is 2.37. The quantitative estimate of drug-likeness (QED) is 0.350. The van der Waals surface area contributed by atoms with Crippen molar-refractivity contribution in [3.63, 3.8) is 0 Å². The molecule has 2 aromatic heterocycles. The van der Waals surface area contributed by atoms with E-state index in [1.165, 1.54) is 18.2 Å². The normalized spacial score (nSPS) is 11.0. The summed E-state index contributed by atoms with van der Waals surface area (Å²) in [7, 11) is 0. The van der Waals surface area contributed by atoms with Crippen molar-refractivity contribution in [2.75, 3.05) is 10.6 Å². The van der Waals surface area contributed by atoms with Crippen LogP contribution in [0.25, 0.3) is 32.8 Å². The van der Waals surface area contributed by atoms with E-state index in [9.17, 15) is 14.0 Å². The maximum atomic E-state index is 14.6. The molecule has 0 fully saturated rings. The minimum absolute atomic E-state index is 0.0241. The Morgan fingerprint density at radius 3 is 2.59 bits per heavy atom. The number of nitrogens with zero attached hydrogens (tertiary/aromatic N) is 2. The number of rotatable bonds is 4. The number of hydrogen-bond donors (Lipinski definition) is 2. The monoisotopic (exact) mass is 452 g/mol. The lowest BCUT2D eigenvalue weighted by atomic mass is 10.0. The van der Waals surface area contributed by atoms with Gasteiger partial charge in [-0.05, 0) is 48.2 Å². The van der Waals surface area contributed by atoms with Crippen molar-refractivity contribution < 1.29 is 9.18 Å². The Morgan fingerprint density at radius 2 is 1.74 bits per heavy atom. The van der Waals surface area contributed by atoms with Crippen molar-refractivity contribution in [3.05, 3.63) is 101 Å². The summed E-state index contributed by atoms with van der Waals surface area (Å²) in [5, 5.41) is 8.01. The zero-order chi connectivity index (χ0) is 23.7. The maximum absolute atomic E-state index is 14.6. The topological polar surface area (TPSA) is 76.0 Å². The zero-order valence-corrected chi connectivity index (χ0v) is 18.4. The van der Waals surface area contributed by atoms with Crippen LogP contribution in [-0.2, 0) is 6.54 Å². The fourth-order valence-electron chi connectivity index (χ4n) is 4.15. The smallest absolute Gasteiger partial charge is 0.308 e. The van der Waals surface area contributed by atoms with Gasteiger partial charge in [0.1, 0.15) is 5.82 Å². The van der Waals surface area contributed by atoms with Gasteiger partial charge in [-0.3, -0.25) is 9.78 Å². The predicted molar refractivity (Wildman–Crippen MR) is 134 cm³/mol. The number of pyridine rings is 2. The Balaban J connectivity index is 1.48. The molecule has 5 rings (SSSR count). The van der Waals surface area contributed by atoms with Gasteiger partial charge >= 0.3 is 6.03 Å². The fraction of sp³-hybridized carbons (Fsp3) is 0.0741. The van der Waals surface area contributed by atoms with Crippen LogP contribution in [0.1, 0.15) is 6.92 Å². The average Bonchev–Trinajstić information content (AvgIpc) is 2.85. The van der Waals surface area contributed by atoms with E-state index in [4.69, 9.17) is 0 Å². The third-order valence-electron chi connectivity index (χ3n) is 5.77. The Labute approximate surface area is 194 Å². The van der Waals surface area contributed by atoms with Gasteiger partial charge in [-0.25, -0.2) is 9.18 Å². The summed E-state index contributed by atoms with van der Waals surface area (Å²) in [4.78, 5) is 30.0. The number of benzene rings is 3. The highest BCUT2D eigenvalue weighted by Crippen LogP contribution is 2.27. The SMILES string of the molecule is CCn1c(=O)c(-c2ccc(F)c(NC(=O)Nc3cccc4ccccc34)c2)cc2cnccc21. The molecule has 0 bridgehead atoms. The Morgan fingerprint density at radius 1 is 0.941 bits per heavy atom. The van der Waals surface area contributed by atoms with E-state index in [-0.39, 0.29) is 11.2 Å². The molecule has 2 heterocycles. The van der Waals surface area contributed by atoms with Gasteiger partial charge in [0.15, 0.2) is 0 Å². The molecule has 0 saturated carbocycles. The highest BCUT2D eigenvalue weighted by atomic mass is 19.1. The van der Waals surface area contributed by atoms with Gasteiger partial charge in [0, 0.05) is 35.3 Å². The Kier molecular flexibility index (Phi) is 5.51. The first-order valence-electron chi connectivity index (χ1n) is 10.9. The van der Waals surface area contributed by atoms with Gasteiger partial charge < -0.3 is 15.2 Å². The summed E-state index contributed by atoms with van der Waals surface area (Å²) in [6, 6.07) is 20.4. The van der Waals surface area contributed by atoms with E-state index >= 15 is 0 Å². The largest absolute Gasteiger partial charge is 0.323 e. The first kappa shape index (κ1) is 21.3. The van der Waals surface area contributed by atoms with Gasteiger partial charge in [-0.1, -0.05) is 42.5 Å². The summed E-state index contributed by atoms with van der Waals surface area (Å²) >= 11 is 0. The van der Waals surface area contributed by atoms with Crippen molar-refractivity contribution in [3.8, 4) is 11.1 Å². The molecule has 3 aromatic carbocycles. The number of nitrogens with one attached hydrogen (secondary N) is 2. The number of carbonyl (C=O) groups excluding carboxylic acids is 1. The van der Waals surface area contributed by atoms with Crippen LogP contribution in [0.4, 0.5) is 20.6 Å². The van der Waals surface area contributed by atoms with Crippen LogP contribution in [0, 0.1) is 5.82 Å². The standard InChI is InChI=1S/C27H21FN4O2/c1-2-32-25-12-13-29-16-19(25)14-21(26(32)33)18-10-11-22(28)24(15-18)31-27(34)30-23-9-5-7-17-6-3-4-8-20(17)23/h3-16H,2H2,1H3,(H2,30,31,34). The van der Waals surface area contributed by atoms with Gasteiger partial charge in [0.25, 0.3) is 5.56 Å². The van der Waals surface area contributed by atoms with Crippen LogP contribution in [0.15, 0.2) is 90.0 Å². The van der Waals surface area contributed by atoms with Crippen molar-refractivity contribution in [2.45, 2.75) is 13.5 Å². The van der Waals surface area contributed by atoms with E-state index in [2.05, 4.69) is 15.6 Å². The lowest BCUT2D eigenvalue weighted by Crippen LogP contribution is -2.22. The molecular weight excluding hydrogens is 431 g/mol. The van der Waals surface area contributed by atoms with Crippen LogP contribution in [0.5, 0.6) is 0 Å². The zero-order valence-electron chi connectivity index (χ0n) is 18.4. The van der Waals surface area contributed by atoms with Crippen molar-refractivity contribution in [2.24, 2.45) is 0 Å². The lowest BCUT2D eigenvalue weighted by molar-refractivity contribution is 0.262. The van der Waals surface area contributed by atoms with E-state index in [1.54, 1.807) is 35.2 Å². The third-order valence-corrected chi connectivity index (χ3v) is 5.77. The van der Waals surface area contributed by atoms with Crippen LogP contribution >= 0.6 is 0 Å². The Bertz CT molecular complexity index is 1610. The second-order valence-electron chi connectivity index (χ2n) is 7.84. The van der Waals surface area contributed by atoms with Crippen molar-refractivity contribution in [1.29, 1.82) is 0 Å². The van der Waals surface area contributed by atoms with Crippen LogP contribution < -0.4 is 16.2 Å². The summed E-state index contributed by atoms with van der Waals surface area (Å²) in [5.41, 5.74) is 2.07. The van der Waals surface area contributed by atoms with Crippen molar-refractivity contribution in [1.82, 2.24) is 9.55 Å². The van der Waals surface area contributed by atoms with Crippen LogP contribution in [0.3, 0.4) is 0 Å². The molecule has 2 amide bonds. The number of aromatic nitrogens is 2. The molecule has 0 aliphatic heterocycles. The van der Waals surface area contributed by atoms with Gasteiger partial charge in [-0.2, -0.15) is 0 Å². The number of carbonyl (C=O) groups is 1. The molecule has 34 heavy (non-hydrogen) atoms. The number of anilines is 2. The molecule has 5 aromatic rings. The first-order valence-corrected chi connectivity index (χ1v) is 10.9. The molecule has 0 unspecified atom stereocenters.